The number of amides is 1. The van der Waals surface area contributed by atoms with E-state index in [1.165, 1.54) is 16.2 Å². The Hall–Kier alpha value is -1.56. The van der Waals surface area contributed by atoms with Crippen molar-refractivity contribution in [2.75, 3.05) is 7.05 Å². The fourth-order valence-electron chi connectivity index (χ4n) is 1.21. The van der Waals surface area contributed by atoms with E-state index in [-0.39, 0.29) is 11.7 Å². The van der Waals surface area contributed by atoms with Crippen LogP contribution in [0.4, 0.5) is 0 Å². The third kappa shape index (κ3) is 2.33. The predicted octanol–water partition coefficient (Wildman–Crippen LogP) is 1.26. The minimum atomic E-state index is -0.431. The van der Waals surface area contributed by atoms with E-state index >= 15 is 0 Å². The van der Waals surface area contributed by atoms with Crippen LogP contribution in [0.5, 0.6) is 0 Å². The summed E-state index contributed by atoms with van der Waals surface area (Å²) in [6, 6.07) is 1.46. The van der Waals surface area contributed by atoms with Gasteiger partial charge in [0.2, 0.25) is 0 Å². The molecule has 0 aliphatic heterocycles. The molecule has 3 N–H and O–H groups in total. The average molecular weight is 241 g/mol. The molecule has 1 amide bonds. The van der Waals surface area contributed by atoms with Crippen LogP contribution < -0.4 is 5.73 Å². The maximum absolute atomic E-state index is 12.0. The van der Waals surface area contributed by atoms with Gasteiger partial charge in [-0.2, -0.15) is 0 Å². The van der Waals surface area contributed by atoms with Gasteiger partial charge in [-0.25, -0.2) is 0 Å². The molecule has 1 aromatic rings. The molecule has 0 aromatic carbocycles. The second-order valence-corrected chi connectivity index (χ2v) is 4.47. The molecule has 88 valence electrons. The van der Waals surface area contributed by atoms with Crippen LogP contribution in [0.1, 0.15) is 22.2 Å². The zero-order valence-corrected chi connectivity index (χ0v) is 10.3. The maximum Gasteiger partial charge on any atom is 0.264 e. The summed E-state index contributed by atoms with van der Waals surface area (Å²) in [6.07, 6.45) is 0. The molecule has 0 aliphatic carbocycles. The highest BCUT2D eigenvalue weighted by Crippen LogP contribution is 2.18. The van der Waals surface area contributed by atoms with Crippen LogP contribution in [0.3, 0.4) is 0 Å². The number of hydrogen-bond acceptors (Lipinski definition) is 4. The first-order chi connectivity index (χ1) is 7.49. The van der Waals surface area contributed by atoms with Crippen molar-refractivity contribution in [1.82, 2.24) is 4.90 Å². The van der Waals surface area contributed by atoms with Crippen LogP contribution >= 0.6 is 11.3 Å². The molecular weight excluding hydrogens is 226 g/mol. The molecule has 0 radical (unpaired) electrons. The lowest BCUT2D eigenvalue weighted by molar-refractivity contribution is 0.0780. The summed E-state index contributed by atoms with van der Waals surface area (Å²) in [5.41, 5.74) is 6.39. The summed E-state index contributed by atoms with van der Waals surface area (Å²) < 4.78 is 0. The molecule has 1 heterocycles. The number of aryl methyl sites for hydroxylation is 1. The van der Waals surface area contributed by atoms with E-state index in [9.17, 15) is 4.79 Å². The predicted molar refractivity (Wildman–Crippen MR) is 64.0 cm³/mol. The normalized spacial score (nSPS) is 13.6. The van der Waals surface area contributed by atoms with E-state index in [1.54, 1.807) is 14.0 Å². The van der Waals surface area contributed by atoms with Gasteiger partial charge >= 0.3 is 0 Å². The highest BCUT2D eigenvalue weighted by Gasteiger charge is 2.22. The number of nitrogens with two attached hydrogens (primary N) is 1. The van der Waals surface area contributed by atoms with E-state index < -0.39 is 6.04 Å². The van der Waals surface area contributed by atoms with E-state index in [2.05, 4.69) is 5.16 Å². The zero-order chi connectivity index (χ0) is 12.3. The van der Waals surface area contributed by atoms with Gasteiger partial charge in [0.15, 0.2) is 5.84 Å². The first kappa shape index (κ1) is 12.5. The Bertz CT molecular complexity index is 414. The van der Waals surface area contributed by atoms with Crippen LogP contribution in [0.15, 0.2) is 16.6 Å². The van der Waals surface area contributed by atoms with Crippen molar-refractivity contribution in [3.63, 3.8) is 0 Å². The quantitative estimate of drug-likeness (QED) is 0.362. The van der Waals surface area contributed by atoms with Gasteiger partial charge in [0.1, 0.15) is 0 Å². The number of nitrogens with zero attached hydrogens (tertiary/aromatic N) is 2. The Balaban J connectivity index is 2.87. The summed E-state index contributed by atoms with van der Waals surface area (Å²) >= 11 is 1.39. The summed E-state index contributed by atoms with van der Waals surface area (Å²) in [7, 11) is 1.63. The van der Waals surface area contributed by atoms with Crippen molar-refractivity contribution in [1.29, 1.82) is 0 Å². The van der Waals surface area contributed by atoms with Crippen LogP contribution in [-0.2, 0) is 0 Å². The minimum Gasteiger partial charge on any atom is -0.409 e. The number of likely N-dealkylation sites (N-methyl/N-ethyl adjacent to an activating group) is 1. The SMILES string of the molecule is Cc1ccsc1C(=O)N(C)C(C)C(N)=NO. The number of carbonyl (C=O) groups is 1. The first-order valence-corrected chi connectivity index (χ1v) is 5.65. The highest BCUT2D eigenvalue weighted by molar-refractivity contribution is 7.12. The molecule has 0 aliphatic rings. The second-order valence-electron chi connectivity index (χ2n) is 3.55. The summed E-state index contributed by atoms with van der Waals surface area (Å²) in [6.45, 7) is 3.58. The largest absolute Gasteiger partial charge is 0.409 e. The van der Waals surface area contributed by atoms with Crippen molar-refractivity contribution in [3.8, 4) is 0 Å². The van der Waals surface area contributed by atoms with E-state index in [0.29, 0.717) is 4.88 Å². The Morgan fingerprint density at radius 1 is 1.69 bits per heavy atom. The van der Waals surface area contributed by atoms with Gasteiger partial charge in [0, 0.05) is 7.05 Å². The maximum atomic E-state index is 12.0. The van der Waals surface area contributed by atoms with Crippen molar-refractivity contribution in [3.05, 3.63) is 21.9 Å². The average Bonchev–Trinajstić information content (AvgIpc) is 2.71. The standard InChI is InChI=1S/C10H15N3O2S/c1-6-4-5-16-8(6)10(14)13(3)7(2)9(11)12-15/h4-5,7,15H,1-3H3,(H2,11,12). The highest BCUT2D eigenvalue weighted by atomic mass is 32.1. The Labute approximate surface area is 98.2 Å². The molecule has 1 atom stereocenters. The van der Waals surface area contributed by atoms with Crippen LogP contribution in [-0.4, -0.2) is 34.9 Å². The fourth-order valence-corrected chi connectivity index (χ4v) is 2.12. The van der Waals surface area contributed by atoms with Gasteiger partial charge in [-0.05, 0) is 30.9 Å². The lowest BCUT2D eigenvalue weighted by Gasteiger charge is -2.23. The molecule has 0 bridgehead atoms. The third-order valence-electron chi connectivity index (χ3n) is 2.50. The topological polar surface area (TPSA) is 78.9 Å². The Morgan fingerprint density at radius 2 is 2.31 bits per heavy atom. The van der Waals surface area contributed by atoms with Gasteiger partial charge < -0.3 is 15.8 Å². The van der Waals surface area contributed by atoms with Crippen molar-refractivity contribution < 1.29 is 10.0 Å². The molecule has 0 saturated carbocycles. The molecule has 0 fully saturated rings. The van der Waals surface area contributed by atoms with Gasteiger partial charge in [-0.1, -0.05) is 5.16 Å². The molecule has 1 rings (SSSR count). The smallest absolute Gasteiger partial charge is 0.264 e. The van der Waals surface area contributed by atoms with Crippen molar-refractivity contribution in [2.45, 2.75) is 19.9 Å². The summed E-state index contributed by atoms with van der Waals surface area (Å²) in [4.78, 5) is 14.2. The lowest BCUT2D eigenvalue weighted by Crippen LogP contribution is -2.43. The molecule has 16 heavy (non-hydrogen) atoms. The molecular formula is C10H15N3O2S. The lowest BCUT2D eigenvalue weighted by atomic mass is 10.2. The summed E-state index contributed by atoms with van der Waals surface area (Å²) in [5, 5.41) is 13.3. The number of thiophene rings is 1. The Kier molecular flexibility index (Phi) is 3.89. The fraction of sp³-hybridized carbons (Fsp3) is 0.400. The second kappa shape index (κ2) is 4.98. The minimum absolute atomic E-state index is 0.0186. The third-order valence-corrected chi connectivity index (χ3v) is 3.51. The van der Waals surface area contributed by atoms with E-state index in [4.69, 9.17) is 10.9 Å². The molecule has 1 aromatic heterocycles. The van der Waals surface area contributed by atoms with E-state index in [0.717, 1.165) is 5.56 Å². The molecule has 0 spiro atoms. The number of carbonyl (C=O) groups excluding carboxylic acids is 1. The molecule has 0 saturated heterocycles. The monoisotopic (exact) mass is 241 g/mol. The van der Waals surface area contributed by atoms with Gasteiger partial charge in [0.25, 0.3) is 5.91 Å². The van der Waals surface area contributed by atoms with Crippen LogP contribution in [0.2, 0.25) is 0 Å². The first-order valence-electron chi connectivity index (χ1n) is 4.77. The molecule has 5 nitrogen and oxygen atoms in total. The van der Waals surface area contributed by atoms with Crippen LogP contribution in [0, 0.1) is 6.92 Å². The van der Waals surface area contributed by atoms with Crippen molar-refractivity contribution in [2.24, 2.45) is 10.9 Å². The number of oxime groups is 1. The van der Waals surface area contributed by atoms with Crippen LogP contribution in [0.25, 0.3) is 0 Å². The van der Waals surface area contributed by atoms with E-state index in [1.807, 2.05) is 18.4 Å². The molecule has 1 unspecified atom stereocenters. The van der Waals surface area contributed by atoms with Crippen molar-refractivity contribution >= 4 is 23.1 Å². The summed E-state index contributed by atoms with van der Waals surface area (Å²) in [5.74, 6) is -0.100. The van der Waals surface area contributed by atoms with Gasteiger partial charge in [0.05, 0.1) is 10.9 Å². The van der Waals surface area contributed by atoms with Gasteiger partial charge in [-0.15, -0.1) is 11.3 Å². The van der Waals surface area contributed by atoms with Gasteiger partial charge in [-0.3, -0.25) is 4.79 Å². The zero-order valence-electron chi connectivity index (χ0n) is 9.47. The number of hydrogen-bond donors (Lipinski definition) is 2. The molecule has 6 heteroatoms. The Morgan fingerprint density at radius 3 is 2.75 bits per heavy atom. The number of amidine groups is 1. The number of rotatable bonds is 3.